The first-order valence-electron chi connectivity index (χ1n) is 9.60. The Morgan fingerprint density at radius 1 is 1.33 bits per heavy atom. The van der Waals surface area contributed by atoms with Crippen LogP contribution < -0.4 is 9.67 Å². The normalized spacial score (nSPS) is 16.5. The first-order valence-corrected chi connectivity index (χ1v) is 10.4. The number of thiazole rings is 1. The van der Waals surface area contributed by atoms with Crippen molar-refractivity contribution in [2.24, 2.45) is 0 Å². The summed E-state index contributed by atoms with van der Waals surface area (Å²) in [5, 5.41) is 13.7. The Morgan fingerprint density at radius 2 is 2.10 bits per heavy atom. The number of aromatic amines is 1. The Hall–Kier alpha value is -3.33. The molecule has 4 heterocycles. The molecular weight excluding hydrogens is 402 g/mol. The number of aromatic nitrogens is 4. The van der Waals surface area contributed by atoms with Crippen molar-refractivity contribution >= 4 is 23.0 Å². The number of carbonyl (C=O) groups is 2. The molecule has 0 fully saturated rings. The highest BCUT2D eigenvalue weighted by molar-refractivity contribution is 7.14. The van der Waals surface area contributed by atoms with Gasteiger partial charge in [0, 0.05) is 30.9 Å². The fraction of sp³-hybridized carbons (Fsp3) is 0.286. The minimum Gasteiger partial charge on any atom is -0.868 e. The van der Waals surface area contributed by atoms with E-state index in [1.165, 1.54) is 16.2 Å². The summed E-state index contributed by atoms with van der Waals surface area (Å²) in [4.78, 5) is 39.4. The first-order chi connectivity index (χ1) is 14.5. The molecular formula is C21H21N5O3S. The number of nitrogens with zero attached hydrogens (tertiary/aromatic N) is 4. The second-order valence-corrected chi connectivity index (χ2v) is 8.31. The van der Waals surface area contributed by atoms with E-state index >= 15 is 0 Å². The number of ketones is 1. The molecule has 154 valence electrons. The van der Waals surface area contributed by atoms with Crippen LogP contribution in [0.25, 0.3) is 0 Å². The van der Waals surface area contributed by atoms with E-state index in [0.717, 1.165) is 5.01 Å². The molecule has 4 rings (SSSR count). The van der Waals surface area contributed by atoms with Gasteiger partial charge in [-0.2, -0.15) is 0 Å². The zero-order chi connectivity index (χ0) is 21.3. The molecule has 3 aromatic heterocycles. The Labute approximate surface area is 177 Å². The predicted octanol–water partition coefficient (Wildman–Crippen LogP) is 1.24. The summed E-state index contributed by atoms with van der Waals surface area (Å²) >= 11 is 1.24. The van der Waals surface area contributed by atoms with E-state index in [1.54, 1.807) is 31.5 Å². The second-order valence-electron chi connectivity index (χ2n) is 7.10. The predicted molar refractivity (Wildman–Crippen MR) is 107 cm³/mol. The van der Waals surface area contributed by atoms with Gasteiger partial charge >= 0.3 is 0 Å². The van der Waals surface area contributed by atoms with Crippen LogP contribution in [0.5, 0.6) is 0 Å². The molecule has 0 saturated carbocycles. The largest absolute Gasteiger partial charge is 0.868 e. The third-order valence-corrected chi connectivity index (χ3v) is 6.15. The van der Waals surface area contributed by atoms with Gasteiger partial charge in [0.05, 0.1) is 28.2 Å². The minimum atomic E-state index is -0.735. The number of amides is 1. The molecule has 1 N–H and O–H groups in total. The average Bonchev–Trinajstić information content (AvgIpc) is 3.43. The van der Waals surface area contributed by atoms with E-state index in [1.807, 2.05) is 30.2 Å². The number of aryl methyl sites for hydroxylation is 3. The summed E-state index contributed by atoms with van der Waals surface area (Å²) in [6.07, 6.45) is 9.37. The molecule has 0 aliphatic carbocycles. The van der Waals surface area contributed by atoms with Crippen molar-refractivity contribution in [3.8, 4) is 0 Å². The molecule has 3 aromatic rings. The van der Waals surface area contributed by atoms with Crippen molar-refractivity contribution < 1.29 is 19.3 Å². The van der Waals surface area contributed by atoms with Crippen molar-refractivity contribution in [2.75, 3.05) is 6.54 Å². The van der Waals surface area contributed by atoms with Crippen LogP contribution in [0.2, 0.25) is 0 Å². The molecule has 1 amide bonds. The maximum absolute atomic E-state index is 13.3. The number of hydrogen-bond acceptors (Lipinski definition) is 6. The lowest BCUT2D eigenvalue weighted by Gasteiger charge is -2.27. The number of pyridine rings is 1. The third kappa shape index (κ3) is 3.63. The molecule has 0 spiro atoms. The molecule has 1 aliphatic heterocycles. The van der Waals surface area contributed by atoms with E-state index in [9.17, 15) is 14.7 Å². The molecule has 0 radical (unpaired) electrons. The fourth-order valence-corrected chi connectivity index (χ4v) is 4.61. The zero-order valence-corrected chi connectivity index (χ0v) is 17.5. The summed E-state index contributed by atoms with van der Waals surface area (Å²) < 4.78 is 1.96. The number of imidazole rings is 1. The number of Topliss-reactive ketones (excluding diaryl/α,β-unsaturated/α-hetero) is 1. The third-order valence-electron chi connectivity index (χ3n) is 5.08. The van der Waals surface area contributed by atoms with Crippen molar-refractivity contribution in [2.45, 2.75) is 32.9 Å². The highest BCUT2D eigenvalue weighted by atomic mass is 32.1. The Balaban J connectivity index is 1.67. The highest BCUT2D eigenvalue weighted by Gasteiger charge is 2.40. The monoisotopic (exact) mass is 423 g/mol. The van der Waals surface area contributed by atoms with Crippen LogP contribution in [0, 0.1) is 13.8 Å². The van der Waals surface area contributed by atoms with Gasteiger partial charge in [-0.15, -0.1) is 11.3 Å². The van der Waals surface area contributed by atoms with Crippen LogP contribution in [0.1, 0.15) is 38.4 Å². The Kier molecular flexibility index (Phi) is 5.45. The lowest BCUT2D eigenvalue weighted by molar-refractivity contribution is -0.695. The molecule has 0 aromatic carbocycles. The van der Waals surface area contributed by atoms with Gasteiger partial charge in [0.2, 0.25) is 18.0 Å². The number of nitrogens with one attached hydrogen (secondary N) is 1. The van der Waals surface area contributed by atoms with E-state index in [0.29, 0.717) is 35.6 Å². The number of hydrogen-bond donors (Lipinski definition) is 1. The van der Waals surface area contributed by atoms with E-state index in [2.05, 4.69) is 15.0 Å². The second kappa shape index (κ2) is 8.19. The minimum absolute atomic E-state index is 0.00718. The van der Waals surface area contributed by atoms with Gasteiger partial charge in [-0.1, -0.05) is 0 Å². The summed E-state index contributed by atoms with van der Waals surface area (Å²) in [7, 11) is 0. The summed E-state index contributed by atoms with van der Waals surface area (Å²) in [6, 6.07) is 2.75. The van der Waals surface area contributed by atoms with Crippen LogP contribution in [0.15, 0.2) is 54.6 Å². The van der Waals surface area contributed by atoms with Gasteiger partial charge in [0.15, 0.2) is 0 Å². The first kappa shape index (κ1) is 20.0. The van der Waals surface area contributed by atoms with E-state index in [4.69, 9.17) is 0 Å². The van der Waals surface area contributed by atoms with Crippen LogP contribution in [0.3, 0.4) is 0 Å². The van der Waals surface area contributed by atoms with Crippen LogP contribution in [-0.2, 0) is 11.3 Å². The molecule has 0 saturated heterocycles. The van der Waals surface area contributed by atoms with Gasteiger partial charge in [-0.25, -0.2) is 9.55 Å². The standard InChI is InChI=1S/C21H21N5O3S/c1-13-20(30-14(2)24-13)18(27)16-17(15-4-6-22-7-5-15)26(21(29)19(16)28)10-3-9-25-11-8-23-12-25/h4-8,11-12,17H,3,9-10H2,1-2H3,(H,27,28). The molecule has 1 aliphatic rings. The molecule has 1 atom stereocenters. The quantitative estimate of drug-likeness (QED) is 0.455. The average molecular weight is 423 g/mol. The van der Waals surface area contributed by atoms with E-state index in [-0.39, 0.29) is 5.57 Å². The van der Waals surface area contributed by atoms with Crippen molar-refractivity contribution in [1.29, 1.82) is 0 Å². The number of H-pyrrole nitrogens is 1. The summed E-state index contributed by atoms with van der Waals surface area (Å²) in [6.45, 7) is 4.59. The lowest BCUT2D eigenvalue weighted by Crippen LogP contribution is -2.37. The molecule has 9 heteroatoms. The maximum Gasteiger partial charge on any atom is 0.241 e. The van der Waals surface area contributed by atoms with Gasteiger partial charge in [-0.3, -0.25) is 19.6 Å². The maximum atomic E-state index is 13.3. The van der Waals surface area contributed by atoms with Crippen molar-refractivity contribution in [1.82, 2.24) is 19.9 Å². The van der Waals surface area contributed by atoms with Crippen LogP contribution >= 0.6 is 11.3 Å². The molecule has 0 bridgehead atoms. The highest BCUT2D eigenvalue weighted by Crippen LogP contribution is 2.39. The van der Waals surface area contributed by atoms with Crippen molar-refractivity contribution in [3.63, 3.8) is 0 Å². The van der Waals surface area contributed by atoms with E-state index < -0.39 is 23.5 Å². The van der Waals surface area contributed by atoms with Crippen molar-refractivity contribution in [3.05, 3.63) is 75.7 Å². The van der Waals surface area contributed by atoms with Crippen LogP contribution in [0.4, 0.5) is 0 Å². The Morgan fingerprint density at radius 3 is 2.73 bits per heavy atom. The number of rotatable bonds is 7. The van der Waals surface area contributed by atoms with Gasteiger partial charge in [-0.05, 0) is 37.3 Å². The molecule has 1 unspecified atom stereocenters. The SMILES string of the molecule is Cc1nc(C)c(C(=O)C2=C([O-])C(=O)N(CCC[n+]3cc[nH]c3)C2c2ccncc2)s1. The van der Waals surface area contributed by atoms with Gasteiger partial charge in [0.1, 0.15) is 12.4 Å². The van der Waals surface area contributed by atoms with Gasteiger partial charge in [0.25, 0.3) is 0 Å². The van der Waals surface area contributed by atoms with Gasteiger partial charge < -0.3 is 10.0 Å². The lowest BCUT2D eigenvalue weighted by atomic mass is 9.95. The summed E-state index contributed by atoms with van der Waals surface area (Å²) in [5.74, 6) is -1.79. The number of carbonyl (C=O) groups excluding carboxylic acids is 2. The Bertz CT molecular complexity index is 1110. The zero-order valence-electron chi connectivity index (χ0n) is 16.7. The smallest absolute Gasteiger partial charge is 0.241 e. The topological polar surface area (TPSA) is 106 Å². The summed E-state index contributed by atoms with van der Waals surface area (Å²) in [5.41, 5.74) is 1.26. The van der Waals surface area contributed by atoms with Crippen LogP contribution in [-0.4, -0.2) is 38.1 Å². The molecule has 30 heavy (non-hydrogen) atoms. The molecule has 8 nitrogen and oxygen atoms in total. The fourth-order valence-electron chi connectivity index (χ4n) is 3.74.